The van der Waals surface area contributed by atoms with Crippen LogP contribution in [-0.4, -0.2) is 19.6 Å². The lowest BCUT2D eigenvalue weighted by atomic mass is 10.5. The molecule has 0 radical (unpaired) electrons. The van der Waals surface area contributed by atoms with E-state index in [4.69, 9.17) is 0 Å². The fourth-order valence-corrected chi connectivity index (χ4v) is 1.11. The number of rotatable bonds is 1. The lowest BCUT2D eigenvalue weighted by Gasteiger charge is -1.82. The summed E-state index contributed by atoms with van der Waals surface area (Å²) in [6, 6.07) is 0. The zero-order valence-electron chi connectivity index (χ0n) is 4.98. The van der Waals surface area contributed by atoms with E-state index in [0.29, 0.717) is 0 Å². The van der Waals surface area contributed by atoms with Gasteiger partial charge in [0.2, 0.25) is 0 Å². The topological polar surface area (TPSA) is 54.5 Å². The van der Waals surface area contributed by atoms with Crippen molar-refractivity contribution < 1.29 is 0 Å². The van der Waals surface area contributed by atoms with Gasteiger partial charge in [0.15, 0.2) is 5.82 Å². The Kier molecular flexibility index (Phi) is 1.21. The van der Waals surface area contributed by atoms with Gasteiger partial charge in [0.05, 0.1) is 0 Å². The maximum atomic E-state index is 4.01. The van der Waals surface area contributed by atoms with Crippen molar-refractivity contribution in [2.45, 2.75) is 0 Å². The van der Waals surface area contributed by atoms with E-state index in [1.165, 1.54) is 11.5 Å². The summed E-state index contributed by atoms with van der Waals surface area (Å²) in [5.74, 6) is 0.772. The predicted octanol–water partition coefficient (Wildman–Crippen LogP) is 0.928. The maximum Gasteiger partial charge on any atom is 0.158 e. The molecular formula is C5H4N4S. The standard InChI is InChI=1S/C5H4N4S/c1-2-7-5(6-1)4-3-10-9-8-4/h1-3H,(H,6,7). The molecule has 0 fully saturated rings. The molecule has 2 aromatic rings. The number of aromatic amines is 1. The number of hydrogen-bond donors (Lipinski definition) is 1. The Hall–Kier alpha value is -1.23. The summed E-state index contributed by atoms with van der Waals surface area (Å²) in [5.41, 5.74) is 0.801. The molecule has 5 heteroatoms. The zero-order valence-corrected chi connectivity index (χ0v) is 5.80. The van der Waals surface area contributed by atoms with Crippen molar-refractivity contribution in [1.82, 2.24) is 19.6 Å². The van der Waals surface area contributed by atoms with Crippen molar-refractivity contribution in [3.05, 3.63) is 17.8 Å². The largest absolute Gasteiger partial charge is 0.343 e. The van der Waals surface area contributed by atoms with Crippen LogP contribution in [-0.2, 0) is 0 Å². The molecule has 10 heavy (non-hydrogen) atoms. The second kappa shape index (κ2) is 2.18. The van der Waals surface area contributed by atoms with Gasteiger partial charge in [-0.05, 0) is 11.5 Å². The Morgan fingerprint density at radius 1 is 1.50 bits per heavy atom. The van der Waals surface area contributed by atoms with E-state index in [1.54, 1.807) is 12.4 Å². The van der Waals surface area contributed by atoms with Gasteiger partial charge in [0.25, 0.3) is 0 Å². The molecule has 0 aromatic carbocycles. The SMILES string of the molecule is c1c[nH]c(-c2csnn2)n1. The minimum absolute atomic E-state index is 0.772. The number of nitrogens with zero attached hydrogens (tertiary/aromatic N) is 3. The molecule has 0 unspecified atom stereocenters. The number of nitrogens with one attached hydrogen (secondary N) is 1. The predicted molar refractivity (Wildman–Crippen MR) is 37.5 cm³/mol. The van der Waals surface area contributed by atoms with E-state index in [2.05, 4.69) is 19.6 Å². The molecule has 2 rings (SSSR count). The lowest BCUT2D eigenvalue weighted by Crippen LogP contribution is -1.78. The first-order valence-electron chi connectivity index (χ1n) is 2.73. The van der Waals surface area contributed by atoms with Crippen molar-refractivity contribution in [3.8, 4) is 11.5 Å². The van der Waals surface area contributed by atoms with Crippen LogP contribution in [0.1, 0.15) is 0 Å². The van der Waals surface area contributed by atoms with Crippen molar-refractivity contribution in [2.75, 3.05) is 0 Å². The molecule has 0 aliphatic rings. The number of aromatic nitrogens is 4. The summed E-state index contributed by atoms with van der Waals surface area (Å²) in [5, 5.41) is 5.68. The highest BCUT2D eigenvalue weighted by Crippen LogP contribution is 2.10. The zero-order chi connectivity index (χ0) is 6.81. The van der Waals surface area contributed by atoms with E-state index in [1.807, 2.05) is 5.38 Å². The molecule has 0 aliphatic carbocycles. The highest BCUT2D eigenvalue weighted by molar-refractivity contribution is 7.03. The molecule has 2 aromatic heterocycles. The van der Waals surface area contributed by atoms with E-state index in [9.17, 15) is 0 Å². The van der Waals surface area contributed by atoms with Gasteiger partial charge in [0.1, 0.15) is 5.69 Å². The summed E-state index contributed by atoms with van der Waals surface area (Å²) >= 11 is 1.32. The molecule has 0 bridgehead atoms. The average Bonchev–Trinajstić information content (AvgIpc) is 2.59. The molecule has 0 atom stereocenters. The number of H-pyrrole nitrogens is 1. The van der Waals surface area contributed by atoms with Crippen LogP contribution in [0.4, 0.5) is 0 Å². The normalized spacial score (nSPS) is 10.0. The molecule has 2 heterocycles. The molecule has 50 valence electrons. The highest BCUT2D eigenvalue weighted by Gasteiger charge is 2.00. The molecule has 0 saturated heterocycles. The van der Waals surface area contributed by atoms with Crippen LogP contribution in [0.15, 0.2) is 17.8 Å². The molecule has 1 N–H and O–H groups in total. The monoisotopic (exact) mass is 152 g/mol. The van der Waals surface area contributed by atoms with Gasteiger partial charge in [-0.25, -0.2) is 4.98 Å². The van der Waals surface area contributed by atoms with Crippen molar-refractivity contribution >= 4 is 11.5 Å². The summed E-state index contributed by atoms with van der Waals surface area (Å²) in [6.45, 7) is 0. The quantitative estimate of drug-likeness (QED) is 0.661. The van der Waals surface area contributed by atoms with E-state index in [-0.39, 0.29) is 0 Å². The first kappa shape index (κ1) is 5.55. The fourth-order valence-electron chi connectivity index (χ4n) is 0.673. The smallest absolute Gasteiger partial charge is 0.158 e. The molecule has 0 saturated carbocycles. The first-order valence-corrected chi connectivity index (χ1v) is 3.57. The Morgan fingerprint density at radius 3 is 3.10 bits per heavy atom. The third kappa shape index (κ3) is 0.801. The van der Waals surface area contributed by atoms with Crippen LogP contribution < -0.4 is 0 Å². The van der Waals surface area contributed by atoms with Crippen molar-refractivity contribution in [2.24, 2.45) is 0 Å². The van der Waals surface area contributed by atoms with Crippen LogP contribution in [0.5, 0.6) is 0 Å². The lowest BCUT2D eigenvalue weighted by molar-refractivity contribution is 1.13. The van der Waals surface area contributed by atoms with Crippen LogP contribution in [0.25, 0.3) is 11.5 Å². The third-order valence-electron chi connectivity index (χ3n) is 1.10. The molecule has 0 amide bonds. The van der Waals surface area contributed by atoms with Gasteiger partial charge in [-0.1, -0.05) is 4.49 Å². The fraction of sp³-hybridized carbons (Fsp3) is 0. The van der Waals surface area contributed by atoms with Gasteiger partial charge in [-0.3, -0.25) is 0 Å². The van der Waals surface area contributed by atoms with E-state index >= 15 is 0 Å². The second-order valence-corrected chi connectivity index (χ2v) is 2.34. The average molecular weight is 152 g/mol. The van der Waals surface area contributed by atoms with Crippen LogP contribution in [0.2, 0.25) is 0 Å². The summed E-state index contributed by atoms with van der Waals surface area (Å²) in [7, 11) is 0. The number of hydrogen-bond acceptors (Lipinski definition) is 4. The summed E-state index contributed by atoms with van der Waals surface area (Å²) < 4.78 is 3.71. The Bertz CT molecular complexity index is 253. The van der Waals surface area contributed by atoms with E-state index < -0.39 is 0 Å². The highest BCUT2D eigenvalue weighted by atomic mass is 32.1. The van der Waals surface area contributed by atoms with Gasteiger partial charge in [-0.15, -0.1) is 5.10 Å². The number of imidazole rings is 1. The molecule has 4 nitrogen and oxygen atoms in total. The Morgan fingerprint density at radius 2 is 2.50 bits per heavy atom. The van der Waals surface area contributed by atoms with Gasteiger partial charge in [0, 0.05) is 17.8 Å². The maximum absolute atomic E-state index is 4.01. The van der Waals surface area contributed by atoms with Crippen LogP contribution >= 0.6 is 11.5 Å². The Labute approximate surface area is 61.1 Å². The van der Waals surface area contributed by atoms with Crippen LogP contribution in [0, 0.1) is 0 Å². The van der Waals surface area contributed by atoms with Crippen molar-refractivity contribution in [3.63, 3.8) is 0 Å². The summed E-state index contributed by atoms with van der Waals surface area (Å²) in [4.78, 5) is 6.94. The Balaban J connectivity index is 2.48. The first-order chi connectivity index (χ1) is 4.97. The third-order valence-corrected chi connectivity index (χ3v) is 1.61. The van der Waals surface area contributed by atoms with E-state index in [0.717, 1.165) is 11.5 Å². The minimum Gasteiger partial charge on any atom is -0.343 e. The van der Waals surface area contributed by atoms with Crippen LogP contribution in [0.3, 0.4) is 0 Å². The minimum atomic E-state index is 0.772. The molecule has 0 spiro atoms. The molecule has 0 aliphatic heterocycles. The van der Waals surface area contributed by atoms with Gasteiger partial charge >= 0.3 is 0 Å². The second-order valence-electron chi connectivity index (χ2n) is 1.73. The summed E-state index contributed by atoms with van der Waals surface area (Å²) in [6.07, 6.45) is 3.45. The molecular weight excluding hydrogens is 148 g/mol. The van der Waals surface area contributed by atoms with Crippen molar-refractivity contribution in [1.29, 1.82) is 0 Å². The van der Waals surface area contributed by atoms with Gasteiger partial charge < -0.3 is 4.98 Å². The van der Waals surface area contributed by atoms with Gasteiger partial charge in [-0.2, -0.15) is 0 Å².